The fraction of sp³-hybridized carbons (Fsp3) is 0.917. The molecule has 0 aromatic heterocycles. The van der Waals surface area contributed by atoms with Crippen LogP contribution in [0.25, 0.3) is 0 Å². The van der Waals surface area contributed by atoms with E-state index in [1.54, 1.807) is 7.05 Å². The molecule has 2 aliphatic rings. The van der Waals surface area contributed by atoms with Crippen molar-refractivity contribution in [1.29, 1.82) is 0 Å². The van der Waals surface area contributed by atoms with E-state index in [9.17, 15) is 9.90 Å². The summed E-state index contributed by atoms with van der Waals surface area (Å²) in [5.74, 6) is 1.29. The third-order valence-electron chi connectivity index (χ3n) is 3.71. The van der Waals surface area contributed by atoms with Gasteiger partial charge in [0, 0.05) is 19.0 Å². The lowest BCUT2D eigenvalue weighted by Gasteiger charge is -2.36. The Kier molecular flexibility index (Phi) is 3.82. The molecule has 92 valence electrons. The zero-order valence-corrected chi connectivity index (χ0v) is 9.98. The highest BCUT2D eigenvalue weighted by Crippen LogP contribution is 2.37. The first kappa shape index (κ1) is 11.9. The van der Waals surface area contributed by atoms with Crippen LogP contribution in [-0.2, 0) is 4.79 Å². The zero-order chi connectivity index (χ0) is 11.5. The number of aliphatic hydroxyl groups is 1. The van der Waals surface area contributed by atoms with Crippen LogP contribution in [-0.4, -0.2) is 48.7 Å². The summed E-state index contributed by atoms with van der Waals surface area (Å²) in [6.45, 7) is 1.87. The van der Waals surface area contributed by atoms with Gasteiger partial charge in [0.15, 0.2) is 0 Å². The van der Waals surface area contributed by atoms with Crippen molar-refractivity contribution in [1.82, 2.24) is 10.2 Å². The largest absolute Gasteiger partial charge is 0.393 e. The van der Waals surface area contributed by atoms with E-state index in [0.29, 0.717) is 19.0 Å². The lowest BCUT2D eigenvalue weighted by Crippen LogP contribution is -2.48. The minimum atomic E-state index is -0.195. The molecule has 1 saturated carbocycles. The molecule has 4 nitrogen and oxygen atoms in total. The van der Waals surface area contributed by atoms with Gasteiger partial charge in [-0.2, -0.15) is 0 Å². The van der Waals surface area contributed by atoms with Crippen LogP contribution >= 0.6 is 0 Å². The number of nitrogens with zero attached hydrogens (tertiary/aromatic N) is 1. The van der Waals surface area contributed by atoms with Crippen LogP contribution < -0.4 is 5.32 Å². The second-order valence-corrected chi connectivity index (χ2v) is 5.17. The third-order valence-corrected chi connectivity index (χ3v) is 3.71. The van der Waals surface area contributed by atoms with E-state index >= 15 is 0 Å². The average Bonchev–Trinajstić information content (AvgIpc) is 3.05. The third kappa shape index (κ3) is 2.95. The Bertz CT molecular complexity index is 253. The van der Waals surface area contributed by atoms with Crippen molar-refractivity contribution in [2.24, 2.45) is 11.8 Å². The molecule has 2 rings (SSSR count). The number of likely N-dealkylation sites (N-methyl/N-ethyl adjacent to an activating group) is 1. The molecule has 1 aliphatic carbocycles. The Balaban J connectivity index is 1.84. The summed E-state index contributed by atoms with van der Waals surface area (Å²) in [4.78, 5) is 13.6. The van der Waals surface area contributed by atoms with Crippen molar-refractivity contribution < 1.29 is 9.90 Å². The first-order valence-electron chi connectivity index (χ1n) is 6.31. The molecule has 1 amide bonds. The van der Waals surface area contributed by atoms with Crippen molar-refractivity contribution in [3.63, 3.8) is 0 Å². The number of hydrogen-bond acceptors (Lipinski definition) is 3. The van der Waals surface area contributed by atoms with Gasteiger partial charge in [0.1, 0.15) is 0 Å². The molecule has 0 spiro atoms. The molecule has 2 unspecified atom stereocenters. The molecule has 2 atom stereocenters. The lowest BCUT2D eigenvalue weighted by atomic mass is 9.90. The predicted octanol–water partition coefficient (Wildman–Crippen LogP) is 0.215. The monoisotopic (exact) mass is 226 g/mol. The van der Waals surface area contributed by atoms with Crippen LogP contribution in [0.5, 0.6) is 0 Å². The van der Waals surface area contributed by atoms with Crippen molar-refractivity contribution >= 4 is 5.91 Å². The standard InChI is InChI=1S/C12H22N2O2/c1-13-7-12(16)14-5-4-11(15)10(8-14)6-9-2-3-9/h9-11,13,15H,2-8H2,1H3. The van der Waals surface area contributed by atoms with Gasteiger partial charge in [-0.25, -0.2) is 0 Å². The number of aliphatic hydroxyl groups excluding tert-OH is 1. The van der Waals surface area contributed by atoms with E-state index < -0.39 is 0 Å². The maximum absolute atomic E-state index is 11.7. The van der Waals surface area contributed by atoms with Crippen molar-refractivity contribution in [3.8, 4) is 0 Å². The Labute approximate surface area is 97.0 Å². The van der Waals surface area contributed by atoms with Gasteiger partial charge >= 0.3 is 0 Å². The zero-order valence-electron chi connectivity index (χ0n) is 9.98. The number of nitrogens with one attached hydrogen (secondary N) is 1. The number of amides is 1. The Morgan fingerprint density at radius 1 is 1.44 bits per heavy atom. The minimum Gasteiger partial charge on any atom is -0.393 e. The highest BCUT2D eigenvalue weighted by molar-refractivity contribution is 5.78. The fourth-order valence-electron chi connectivity index (χ4n) is 2.52. The number of carbonyl (C=O) groups is 1. The first-order valence-corrected chi connectivity index (χ1v) is 6.31. The van der Waals surface area contributed by atoms with Gasteiger partial charge in [-0.15, -0.1) is 0 Å². The molecule has 1 saturated heterocycles. The summed E-state index contributed by atoms with van der Waals surface area (Å²) in [7, 11) is 1.79. The molecule has 0 aromatic carbocycles. The van der Waals surface area contributed by atoms with Crippen LogP contribution in [0.15, 0.2) is 0 Å². The molecule has 0 bridgehead atoms. The van der Waals surface area contributed by atoms with E-state index in [4.69, 9.17) is 0 Å². The molecule has 0 radical (unpaired) electrons. The van der Waals surface area contributed by atoms with Crippen LogP contribution in [0, 0.1) is 11.8 Å². The van der Waals surface area contributed by atoms with Gasteiger partial charge in [-0.1, -0.05) is 12.8 Å². The number of likely N-dealkylation sites (tertiary alicyclic amines) is 1. The molecule has 16 heavy (non-hydrogen) atoms. The quantitative estimate of drug-likeness (QED) is 0.721. The van der Waals surface area contributed by atoms with Crippen LogP contribution in [0.3, 0.4) is 0 Å². The average molecular weight is 226 g/mol. The molecular formula is C12H22N2O2. The molecule has 1 heterocycles. The maximum atomic E-state index is 11.7. The van der Waals surface area contributed by atoms with Crippen LogP contribution in [0.1, 0.15) is 25.7 Å². The molecule has 2 N–H and O–H groups in total. The number of rotatable bonds is 4. The first-order chi connectivity index (χ1) is 7.70. The Morgan fingerprint density at radius 3 is 2.81 bits per heavy atom. The number of piperidine rings is 1. The van der Waals surface area contributed by atoms with Crippen molar-refractivity contribution in [2.45, 2.75) is 31.8 Å². The van der Waals surface area contributed by atoms with E-state index in [1.165, 1.54) is 12.8 Å². The minimum absolute atomic E-state index is 0.162. The van der Waals surface area contributed by atoms with Gasteiger partial charge in [-0.05, 0) is 25.8 Å². The van der Waals surface area contributed by atoms with E-state index in [2.05, 4.69) is 5.32 Å². The molecular weight excluding hydrogens is 204 g/mol. The van der Waals surface area contributed by atoms with Crippen molar-refractivity contribution in [3.05, 3.63) is 0 Å². The normalized spacial score (nSPS) is 30.5. The summed E-state index contributed by atoms with van der Waals surface area (Å²) >= 11 is 0. The summed E-state index contributed by atoms with van der Waals surface area (Å²) in [5.41, 5.74) is 0. The van der Waals surface area contributed by atoms with Gasteiger partial charge in [-0.3, -0.25) is 4.79 Å². The second-order valence-electron chi connectivity index (χ2n) is 5.17. The maximum Gasteiger partial charge on any atom is 0.236 e. The predicted molar refractivity (Wildman–Crippen MR) is 62.0 cm³/mol. The summed E-state index contributed by atoms with van der Waals surface area (Å²) < 4.78 is 0. The smallest absolute Gasteiger partial charge is 0.236 e. The summed E-state index contributed by atoms with van der Waals surface area (Å²) in [5, 5.41) is 12.8. The molecule has 0 aromatic rings. The topological polar surface area (TPSA) is 52.6 Å². The highest BCUT2D eigenvalue weighted by Gasteiger charge is 2.34. The number of carbonyl (C=O) groups excluding carboxylic acids is 1. The van der Waals surface area contributed by atoms with E-state index in [1.807, 2.05) is 4.90 Å². The summed E-state index contributed by atoms with van der Waals surface area (Å²) in [6.07, 6.45) is 4.28. The van der Waals surface area contributed by atoms with Gasteiger partial charge in [0.25, 0.3) is 0 Å². The van der Waals surface area contributed by atoms with Crippen LogP contribution in [0.4, 0.5) is 0 Å². The number of hydrogen-bond donors (Lipinski definition) is 2. The Hall–Kier alpha value is -0.610. The second kappa shape index (κ2) is 5.15. The Morgan fingerprint density at radius 2 is 2.19 bits per heavy atom. The SMILES string of the molecule is CNCC(=O)N1CCC(O)C(CC2CC2)C1. The lowest BCUT2D eigenvalue weighted by molar-refractivity contribution is -0.134. The van der Waals surface area contributed by atoms with E-state index in [-0.39, 0.29) is 12.0 Å². The molecule has 1 aliphatic heterocycles. The molecule has 2 fully saturated rings. The highest BCUT2D eigenvalue weighted by atomic mass is 16.3. The van der Waals surface area contributed by atoms with Crippen molar-refractivity contribution in [2.75, 3.05) is 26.7 Å². The van der Waals surface area contributed by atoms with Crippen LogP contribution in [0.2, 0.25) is 0 Å². The molecule has 4 heteroatoms. The van der Waals surface area contributed by atoms with Gasteiger partial charge in [0.05, 0.1) is 12.6 Å². The van der Waals surface area contributed by atoms with Gasteiger partial charge < -0.3 is 15.3 Å². The summed E-state index contributed by atoms with van der Waals surface area (Å²) in [6, 6.07) is 0. The van der Waals surface area contributed by atoms with E-state index in [0.717, 1.165) is 25.3 Å². The van der Waals surface area contributed by atoms with Gasteiger partial charge in [0.2, 0.25) is 5.91 Å². The fourth-order valence-corrected chi connectivity index (χ4v) is 2.52.